The lowest BCUT2D eigenvalue weighted by molar-refractivity contribution is 0.430. The molecule has 0 aromatic carbocycles. The summed E-state index contributed by atoms with van der Waals surface area (Å²) in [6.45, 7) is 4.93. The van der Waals surface area contributed by atoms with Gasteiger partial charge in [-0.3, -0.25) is 10.3 Å². The molecule has 0 aliphatic heterocycles. The summed E-state index contributed by atoms with van der Waals surface area (Å²) in [7, 11) is 0. The van der Waals surface area contributed by atoms with E-state index in [9.17, 15) is 0 Å². The zero-order chi connectivity index (χ0) is 10.4. The average Bonchev–Trinajstić information content (AvgIpc) is 2.19. The van der Waals surface area contributed by atoms with Gasteiger partial charge in [-0.2, -0.15) is 0 Å². The van der Waals surface area contributed by atoms with Crippen LogP contribution in [0.25, 0.3) is 0 Å². The first-order valence-corrected chi connectivity index (χ1v) is 4.82. The van der Waals surface area contributed by atoms with E-state index in [0.29, 0.717) is 18.5 Å². The highest BCUT2D eigenvalue weighted by molar-refractivity contribution is 5.15. The van der Waals surface area contributed by atoms with Crippen LogP contribution in [-0.2, 0) is 0 Å². The van der Waals surface area contributed by atoms with Crippen LogP contribution in [0.2, 0.25) is 0 Å². The SMILES string of the molecule is C#CCNC(c1cccnc1)C(C)C. The Labute approximate surface area is 85.8 Å². The highest BCUT2D eigenvalue weighted by Gasteiger charge is 2.13. The third-order valence-electron chi connectivity index (χ3n) is 2.13. The monoisotopic (exact) mass is 188 g/mol. The summed E-state index contributed by atoms with van der Waals surface area (Å²) in [4.78, 5) is 4.10. The first-order chi connectivity index (χ1) is 6.75. The van der Waals surface area contributed by atoms with Gasteiger partial charge in [0.05, 0.1) is 6.54 Å². The summed E-state index contributed by atoms with van der Waals surface area (Å²) in [5, 5.41) is 3.31. The second kappa shape index (κ2) is 5.41. The average molecular weight is 188 g/mol. The van der Waals surface area contributed by atoms with Crippen molar-refractivity contribution >= 4 is 0 Å². The van der Waals surface area contributed by atoms with Gasteiger partial charge in [0, 0.05) is 18.4 Å². The molecule has 0 spiro atoms. The molecule has 0 amide bonds. The molecule has 1 aromatic rings. The molecule has 0 aliphatic rings. The second-order valence-corrected chi connectivity index (χ2v) is 3.59. The largest absolute Gasteiger partial charge is 0.299 e. The normalized spacial score (nSPS) is 12.4. The Bertz CT molecular complexity index is 298. The van der Waals surface area contributed by atoms with Crippen LogP contribution < -0.4 is 5.32 Å². The third kappa shape index (κ3) is 2.86. The molecule has 2 nitrogen and oxygen atoms in total. The summed E-state index contributed by atoms with van der Waals surface area (Å²) in [6.07, 6.45) is 8.89. The fourth-order valence-corrected chi connectivity index (χ4v) is 1.47. The minimum atomic E-state index is 0.291. The Morgan fingerprint density at radius 1 is 1.57 bits per heavy atom. The Kier molecular flexibility index (Phi) is 4.15. The van der Waals surface area contributed by atoms with E-state index < -0.39 is 0 Å². The lowest BCUT2D eigenvalue weighted by Crippen LogP contribution is -2.26. The molecule has 1 aromatic heterocycles. The van der Waals surface area contributed by atoms with Crippen molar-refractivity contribution in [2.24, 2.45) is 5.92 Å². The van der Waals surface area contributed by atoms with Gasteiger partial charge in [-0.25, -0.2) is 0 Å². The van der Waals surface area contributed by atoms with E-state index in [4.69, 9.17) is 6.42 Å². The van der Waals surface area contributed by atoms with Gasteiger partial charge < -0.3 is 0 Å². The molecule has 1 atom stereocenters. The van der Waals surface area contributed by atoms with Gasteiger partial charge in [0.1, 0.15) is 0 Å². The summed E-state index contributed by atoms with van der Waals surface area (Å²) in [5.74, 6) is 3.10. The molecule has 0 fully saturated rings. The van der Waals surface area contributed by atoms with E-state index in [1.54, 1.807) is 6.20 Å². The molecule has 0 aliphatic carbocycles. The molecule has 0 saturated carbocycles. The van der Waals surface area contributed by atoms with E-state index in [1.165, 1.54) is 5.56 Å². The smallest absolute Gasteiger partial charge is 0.0578 e. The first kappa shape index (κ1) is 10.7. The quantitative estimate of drug-likeness (QED) is 0.731. The molecule has 2 heteroatoms. The number of hydrogen-bond donors (Lipinski definition) is 1. The topological polar surface area (TPSA) is 24.9 Å². The van der Waals surface area contributed by atoms with E-state index in [2.05, 4.69) is 36.1 Å². The third-order valence-corrected chi connectivity index (χ3v) is 2.13. The molecule has 0 saturated heterocycles. The van der Waals surface area contributed by atoms with Crippen molar-refractivity contribution < 1.29 is 0 Å². The summed E-state index contributed by atoms with van der Waals surface area (Å²) >= 11 is 0. The second-order valence-electron chi connectivity index (χ2n) is 3.59. The van der Waals surface area contributed by atoms with E-state index in [1.807, 2.05) is 12.3 Å². The van der Waals surface area contributed by atoms with Gasteiger partial charge in [-0.05, 0) is 17.5 Å². The molecular weight excluding hydrogens is 172 g/mol. The predicted molar refractivity (Wildman–Crippen MR) is 58.7 cm³/mol. The molecule has 1 heterocycles. The maximum absolute atomic E-state index is 5.23. The van der Waals surface area contributed by atoms with Crippen molar-refractivity contribution in [2.45, 2.75) is 19.9 Å². The van der Waals surface area contributed by atoms with Crippen LogP contribution >= 0.6 is 0 Å². The zero-order valence-electron chi connectivity index (χ0n) is 8.70. The van der Waals surface area contributed by atoms with Gasteiger partial charge >= 0.3 is 0 Å². The minimum absolute atomic E-state index is 0.291. The highest BCUT2D eigenvalue weighted by Crippen LogP contribution is 2.19. The van der Waals surface area contributed by atoms with Crippen LogP contribution in [-0.4, -0.2) is 11.5 Å². The zero-order valence-corrected chi connectivity index (χ0v) is 8.70. The van der Waals surface area contributed by atoms with Gasteiger partial charge in [0.25, 0.3) is 0 Å². The first-order valence-electron chi connectivity index (χ1n) is 4.82. The van der Waals surface area contributed by atoms with Crippen molar-refractivity contribution in [3.63, 3.8) is 0 Å². The van der Waals surface area contributed by atoms with Crippen LogP contribution in [0.1, 0.15) is 25.5 Å². The molecule has 74 valence electrons. The van der Waals surface area contributed by atoms with Gasteiger partial charge in [-0.1, -0.05) is 25.8 Å². The molecular formula is C12H16N2. The number of nitrogens with zero attached hydrogens (tertiary/aromatic N) is 1. The number of hydrogen-bond acceptors (Lipinski definition) is 2. The Balaban J connectivity index is 2.74. The number of aromatic nitrogens is 1. The van der Waals surface area contributed by atoms with Crippen molar-refractivity contribution in [1.82, 2.24) is 10.3 Å². The Hall–Kier alpha value is -1.33. The highest BCUT2D eigenvalue weighted by atomic mass is 14.9. The fraction of sp³-hybridized carbons (Fsp3) is 0.417. The standard InChI is InChI=1S/C12H16N2/c1-4-7-14-12(10(2)3)11-6-5-8-13-9-11/h1,5-6,8-10,12,14H,7H2,2-3H3. The van der Waals surface area contributed by atoms with E-state index in [0.717, 1.165) is 0 Å². The number of pyridine rings is 1. The lowest BCUT2D eigenvalue weighted by atomic mass is 9.97. The maximum atomic E-state index is 5.23. The van der Waals surface area contributed by atoms with Crippen molar-refractivity contribution in [2.75, 3.05) is 6.54 Å². The van der Waals surface area contributed by atoms with Gasteiger partial charge in [-0.15, -0.1) is 6.42 Å². The van der Waals surface area contributed by atoms with Crippen LogP contribution in [0.5, 0.6) is 0 Å². The number of nitrogens with one attached hydrogen (secondary N) is 1. The van der Waals surface area contributed by atoms with Crippen LogP contribution in [0.3, 0.4) is 0 Å². The molecule has 1 rings (SSSR count). The van der Waals surface area contributed by atoms with Crippen LogP contribution in [0.15, 0.2) is 24.5 Å². The fourth-order valence-electron chi connectivity index (χ4n) is 1.47. The van der Waals surface area contributed by atoms with Gasteiger partial charge in [0.2, 0.25) is 0 Å². The van der Waals surface area contributed by atoms with E-state index >= 15 is 0 Å². The Morgan fingerprint density at radius 3 is 2.86 bits per heavy atom. The van der Waals surface area contributed by atoms with Crippen molar-refractivity contribution in [1.29, 1.82) is 0 Å². The summed E-state index contributed by atoms with van der Waals surface area (Å²) in [5.41, 5.74) is 1.19. The molecule has 0 radical (unpaired) electrons. The van der Waals surface area contributed by atoms with Crippen molar-refractivity contribution in [3.05, 3.63) is 30.1 Å². The van der Waals surface area contributed by atoms with Crippen LogP contribution in [0, 0.1) is 18.3 Å². The van der Waals surface area contributed by atoms with Crippen LogP contribution in [0.4, 0.5) is 0 Å². The lowest BCUT2D eigenvalue weighted by Gasteiger charge is -2.21. The number of rotatable bonds is 4. The maximum Gasteiger partial charge on any atom is 0.0578 e. The molecule has 1 unspecified atom stereocenters. The summed E-state index contributed by atoms with van der Waals surface area (Å²) in [6, 6.07) is 4.31. The molecule has 0 bridgehead atoms. The molecule has 14 heavy (non-hydrogen) atoms. The predicted octanol–water partition coefficient (Wildman–Crippen LogP) is 2.00. The van der Waals surface area contributed by atoms with Crippen molar-refractivity contribution in [3.8, 4) is 12.3 Å². The van der Waals surface area contributed by atoms with Gasteiger partial charge in [0.15, 0.2) is 0 Å². The number of terminal acetylenes is 1. The molecule has 1 N–H and O–H groups in total. The Morgan fingerprint density at radius 2 is 2.36 bits per heavy atom. The van der Waals surface area contributed by atoms with E-state index in [-0.39, 0.29) is 0 Å². The summed E-state index contributed by atoms with van der Waals surface area (Å²) < 4.78 is 0. The minimum Gasteiger partial charge on any atom is -0.299 e.